The van der Waals surface area contributed by atoms with Crippen LogP contribution in [-0.4, -0.2) is 23.8 Å². The quantitative estimate of drug-likeness (QED) is 0.870. The lowest BCUT2D eigenvalue weighted by Gasteiger charge is -2.23. The van der Waals surface area contributed by atoms with Crippen molar-refractivity contribution < 1.29 is 9.26 Å². The van der Waals surface area contributed by atoms with E-state index in [0.29, 0.717) is 18.4 Å². The summed E-state index contributed by atoms with van der Waals surface area (Å²) in [5.74, 6) is 2.51. The SMILES string of the molecule is COC(CN)c1nc(C2CCCC(C)C2)no1. The van der Waals surface area contributed by atoms with Crippen LogP contribution in [0.3, 0.4) is 0 Å². The van der Waals surface area contributed by atoms with Crippen molar-refractivity contribution in [2.24, 2.45) is 11.7 Å². The lowest BCUT2D eigenvalue weighted by atomic mass is 9.82. The van der Waals surface area contributed by atoms with E-state index in [1.807, 2.05) is 0 Å². The smallest absolute Gasteiger partial charge is 0.257 e. The van der Waals surface area contributed by atoms with Crippen molar-refractivity contribution in [3.05, 3.63) is 11.7 Å². The van der Waals surface area contributed by atoms with Crippen LogP contribution >= 0.6 is 0 Å². The second-order valence-electron chi connectivity index (χ2n) is 4.92. The first-order valence-corrected chi connectivity index (χ1v) is 6.31. The van der Waals surface area contributed by atoms with Crippen molar-refractivity contribution in [1.82, 2.24) is 10.1 Å². The van der Waals surface area contributed by atoms with Gasteiger partial charge in [0.15, 0.2) is 5.82 Å². The Kier molecular flexibility index (Phi) is 4.12. The van der Waals surface area contributed by atoms with Gasteiger partial charge in [-0.15, -0.1) is 0 Å². The minimum atomic E-state index is -0.280. The van der Waals surface area contributed by atoms with E-state index in [2.05, 4.69) is 17.1 Å². The molecule has 0 aromatic carbocycles. The molecule has 1 aromatic heterocycles. The van der Waals surface area contributed by atoms with Gasteiger partial charge >= 0.3 is 0 Å². The van der Waals surface area contributed by atoms with Crippen LogP contribution in [0, 0.1) is 5.92 Å². The molecule has 0 spiro atoms. The fourth-order valence-electron chi connectivity index (χ4n) is 2.51. The highest BCUT2D eigenvalue weighted by Gasteiger charge is 2.26. The molecule has 3 atom stereocenters. The molecule has 2 N–H and O–H groups in total. The Balaban J connectivity index is 2.06. The zero-order valence-corrected chi connectivity index (χ0v) is 10.6. The molecule has 1 heterocycles. The summed E-state index contributed by atoms with van der Waals surface area (Å²) in [6, 6.07) is 0. The van der Waals surface area contributed by atoms with Gasteiger partial charge in [0.25, 0.3) is 5.89 Å². The van der Waals surface area contributed by atoms with Crippen molar-refractivity contribution in [2.75, 3.05) is 13.7 Å². The van der Waals surface area contributed by atoms with Crippen LogP contribution in [0.2, 0.25) is 0 Å². The van der Waals surface area contributed by atoms with Crippen LogP contribution in [0.1, 0.15) is 56.3 Å². The number of nitrogens with zero attached hydrogens (tertiary/aromatic N) is 2. The molecule has 0 radical (unpaired) electrons. The molecule has 0 bridgehead atoms. The molecule has 3 unspecified atom stereocenters. The maximum atomic E-state index is 5.57. The van der Waals surface area contributed by atoms with E-state index in [1.165, 1.54) is 12.8 Å². The van der Waals surface area contributed by atoms with Crippen LogP contribution in [-0.2, 0) is 4.74 Å². The van der Waals surface area contributed by atoms with Gasteiger partial charge in [0, 0.05) is 19.6 Å². The third-order valence-electron chi connectivity index (χ3n) is 3.53. The molecule has 1 saturated carbocycles. The first-order chi connectivity index (χ1) is 8.24. The van der Waals surface area contributed by atoms with Gasteiger partial charge in [-0.3, -0.25) is 0 Å². The molecule has 5 nitrogen and oxygen atoms in total. The van der Waals surface area contributed by atoms with E-state index < -0.39 is 0 Å². The monoisotopic (exact) mass is 239 g/mol. The van der Waals surface area contributed by atoms with Gasteiger partial charge in [-0.05, 0) is 18.8 Å². The fourth-order valence-corrected chi connectivity index (χ4v) is 2.51. The summed E-state index contributed by atoms with van der Waals surface area (Å²) >= 11 is 0. The maximum absolute atomic E-state index is 5.57. The topological polar surface area (TPSA) is 74.2 Å². The molecule has 1 aliphatic rings. The lowest BCUT2D eigenvalue weighted by Crippen LogP contribution is -2.15. The van der Waals surface area contributed by atoms with Crippen LogP contribution in [0.15, 0.2) is 4.52 Å². The molecule has 0 saturated heterocycles. The van der Waals surface area contributed by atoms with E-state index in [-0.39, 0.29) is 6.10 Å². The van der Waals surface area contributed by atoms with Gasteiger partial charge in [-0.2, -0.15) is 4.98 Å². The molecule has 96 valence electrons. The normalized spacial score (nSPS) is 27.0. The zero-order valence-electron chi connectivity index (χ0n) is 10.6. The minimum Gasteiger partial charge on any atom is -0.370 e. The van der Waals surface area contributed by atoms with Gasteiger partial charge in [-0.25, -0.2) is 0 Å². The van der Waals surface area contributed by atoms with E-state index in [1.54, 1.807) is 7.11 Å². The van der Waals surface area contributed by atoms with E-state index in [0.717, 1.165) is 24.6 Å². The first-order valence-electron chi connectivity index (χ1n) is 6.31. The highest BCUT2D eigenvalue weighted by Crippen LogP contribution is 2.34. The molecule has 5 heteroatoms. The number of nitrogens with two attached hydrogens (primary N) is 1. The third-order valence-corrected chi connectivity index (χ3v) is 3.53. The standard InChI is InChI=1S/C12H21N3O2/c1-8-4-3-5-9(6-8)11-14-12(17-15-11)10(7-13)16-2/h8-10H,3-7,13H2,1-2H3. The summed E-state index contributed by atoms with van der Waals surface area (Å²) < 4.78 is 10.4. The van der Waals surface area contributed by atoms with Crippen LogP contribution < -0.4 is 5.73 Å². The van der Waals surface area contributed by atoms with Crippen LogP contribution in [0.25, 0.3) is 0 Å². The Bertz CT molecular complexity index is 349. The number of aromatic nitrogens is 2. The van der Waals surface area contributed by atoms with Crippen molar-refractivity contribution in [1.29, 1.82) is 0 Å². The number of ether oxygens (including phenoxy) is 1. The molecule has 1 aliphatic carbocycles. The molecular weight excluding hydrogens is 218 g/mol. The summed E-state index contributed by atoms with van der Waals surface area (Å²) in [6.07, 6.45) is 4.59. The first kappa shape index (κ1) is 12.5. The summed E-state index contributed by atoms with van der Waals surface area (Å²) in [4.78, 5) is 4.43. The molecule has 0 amide bonds. The predicted molar refractivity (Wildman–Crippen MR) is 63.5 cm³/mol. The van der Waals surface area contributed by atoms with E-state index in [4.69, 9.17) is 15.0 Å². The number of hydrogen-bond acceptors (Lipinski definition) is 5. The summed E-state index contributed by atoms with van der Waals surface area (Å²) in [6.45, 7) is 2.64. The van der Waals surface area contributed by atoms with Gasteiger partial charge in [0.05, 0.1) is 0 Å². The predicted octanol–water partition coefficient (Wildman–Crippen LogP) is 2.01. The van der Waals surface area contributed by atoms with Crippen molar-refractivity contribution in [3.8, 4) is 0 Å². The molecule has 1 fully saturated rings. The second kappa shape index (κ2) is 5.60. The van der Waals surface area contributed by atoms with E-state index in [9.17, 15) is 0 Å². The van der Waals surface area contributed by atoms with Crippen LogP contribution in [0.5, 0.6) is 0 Å². The molecule has 0 aliphatic heterocycles. The van der Waals surface area contributed by atoms with E-state index >= 15 is 0 Å². The average molecular weight is 239 g/mol. The van der Waals surface area contributed by atoms with Gasteiger partial charge in [-0.1, -0.05) is 24.9 Å². The number of hydrogen-bond donors (Lipinski definition) is 1. The van der Waals surface area contributed by atoms with Gasteiger partial charge in [0.1, 0.15) is 6.10 Å². The Morgan fingerprint density at radius 3 is 3.00 bits per heavy atom. The summed E-state index contributed by atoms with van der Waals surface area (Å²) in [5.41, 5.74) is 5.57. The Morgan fingerprint density at radius 1 is 1.53 bits per heavy atom. The van der Waals surface area contributed by atoms with Gasteiger partial charge in [0.2, 0.25) is 0 Å². The summed E-state index contributed by atoms with van der Waals surface area (Å²) in [7, 11) is 1.60. The number of rotatable bonds is 4. The Morgan fingerprint density at radius 2 is 2.35 bits per heavy atom. The second-order valence-corrected chi connectivity index (χ2v) is 4.92. The van der Waals surface area contributed by atoms with Crippen molar-refractivity contribution in [2.45, 2.75) is 44.6 Å². The number of methoxy groups -OCH3 is 1. The van der Waals surface area contributed by atoms with Crippen LogP contribution in [0.4, 0.5) is 0 Å². The van der Waals surface area contributed by atoms with Crippen molar-refractivity contribution >= 4 is 0 Å². The highest BCUT2D eigenvalue weighted by molar-refractivity contribution is 4.99. The molecular formula is C12H21N3O2. The Labute approximate surface area is 102 Å². The zero-order chi connectivity index (χ0) is 12.3. The highest BCUT2D eigenvalue weighted by atomic mass is 16.5. The lowest BCUT2D eigenvalue weighted by molar-refractivity contribution is 0.0803. The molecule has 1 aromatic rings. The molecule has 2 rings (SSSR count). The maximum Gasteiger partial charge on any atom is 0.257 e. The largest absolute Gasteiger partial charge is 0.370 e. The molecule has 17 heavy (non-hydrogen) atoms. The summed E-state index contributed by atoms with van der Waals surface area (Å²) in [5, 5.41) is 4.07. The van der Waals surface area contributed by atoms with Gasteiger partial charge < -0.3 is 15.0 Å². The average Bonchev–Trinajstić information content (AvgIpc) is 2.80. The minimum absolute atomic E-state index is 0.280. The Hall–Kier alpha value is -0.940. The third kappa shape index (κ3) is 2.84. The van der Waals surface area contributed by atoms with Crippen molar-refractivity contribution in [3.63, 3.8) is 0 Å². The fraction of sp³-hybridized carbons (Fsp3) is 0.833.